The van der Waals surface area contributed by atoms with E-state index in [0.29, 0.717) is 5.56 Å². The largest absolute Gasteiger partial charge is 0.392 e. The number of aliphatic hydroxyl groups is 1. The summed E-state index contributed by atoms with van der Waals surface area (Å²) in [5.41, 5.74) is 4.83. The van der Waals surface area contributed by atoms with Crippen molar-refractivity contribution < 1.29 is 5.11 Å². The Hall–Kier alpha value is -2.31. The molecule has 2 aromatic rings. The Kier molecular flexibility index (Phi) is 3.41. The van der Waals surface area contributed by atoms with Gasteiger partial charge in [-0.25, -0.2) is 0 Å². The van der Waals surface area contributed by atoms with E-state index in [0.717, 1.165) is 30.6 Å². The normalized spacial score (nSPS) is 13.7. The lowest BCUT2D eigenvalue weighted by atomic mass is 9.99. The number of nitriles is 1. The van der Waals surface area contributed by atoms with E-state index in [1.807, 2.05) is 18.2 Å². The molecule has 0 spiro atoms. The van der Waals surface area contributed by atoms with Gasteiger partial charge < -0.3 is 10.0 Å². The van der Waals surface area contributed by atoms with Crippen LogP contribution >= 0.6 is 0 Å². The van der Waals surface area contributed by atoms with Crippen LogP contribution in [0.4, 0.5) is 11.4 Å². The number of aliphatic hydroxyl groups excluding tert-OH is 1. The average Bonchev–Trinajstić information content (AvgIpc) is 2.53. The Morgan fingerprint density at radius 2 is 2.00 bits per heavy atom. The molecule has 0 saturated heterocycles. The fraction of sp³-hybridized carbons (Fsp3) is 0.235. The van der Waals surface area contributed by atoms with E-state index in [1.54, 1.807) is 6.07 Å². The maximum Gasteiger partial charge on any atom is 0.101 e. The number of benzene rings is 2. The van der Waals surface area contributed by atoms with Gasteiger partial charge in [-0.1, -0.05) is 24.3 Å². The van der Waals surface area contributed by atoms with Crippen molar-refractivity contribution in [1.29, 1.82) is 5.26 Å². The molecule has 0 saturated carbocycles. The minimum absolute atomic E-state index is 0.0362. The van der Waals surface area contributed by atoms with Gasteiger partial charge in [-0.05, 0) is 42.2 Å². The number of aryl methyl sites for hydroxylation is 1. The summed E-state index contributed by atoms with van der Waals surface area (Å²) in [7, 11) is 0. The van der Waals surface area contributed by atoms with Crippen LogP contribution in [0.3, 0.4) is 0 Å². The van der Waals surface area contributed by atoms with Crippen LogP contribution in [0.1, 0.15) is 23.1 Å². The highest BCUT2D eigenvalue weighted by atomic mass is 16.3. The van der Waals surface area contributed by atoms with Gasteiger partial charge >= 0.3 is 0 Å². The highest BCUT2D eigenvalue weighted by Gasteiger charge is 2.20. The van der Waals surface area contributed by atoms with Crippen molar-refractivity contribution in [1.82, 2.24) is 0 Å². The summed E-state index contributed by atoms with van der Waals surface area (Å²) in [6.07, 6.45) is 2.17. The fourth-order valence-electron chi connectivity index (χ4n) is 2.79. The second kappa shape index (κ2) is 5.36. The van der Waals surface area contributed by atoms with Crippen LogP contribution < -0.4 is 4.90 Å². The van der Waals surface area contributed by atoms with Crippen LogP contribution in [-0.4, -0.2) is 11.7 Å². The second-order valence-corrected chi connectivity index (χ2v) is 5.01. The van der Waals surface area contributed by atoms with Gasteiger partial charge in [-0.2, -0.15) is 5.26 Å². The van der Waals surface area contributed by atoms with E-state index in [1.165, 1.54) is 11.3 Å². The zero-order chi connectivity index (χ0) is 13.9. The third kappa shape index (κ3) is 2.15. The van der Waals surface area contributed by atoms with Crippen LogP contribution in [0.25, 0.3) is 0 Å². The molecule has 0 atom stereocenters. The number of anilines is 2. The van der Waals surface area contributed by atoms with E-state index in [9.17, 15) is 10.4 Å². The molecule has 0 aromatic heterocycles. The number of hydrogen-bond acceptors (Lipinski definition) is 3. The van der Waals surface area contributed by atoms with Gasteiger partial charge in [-0.3, -0.25) is 0 Å². The molecule has 3 rings (SSSR count). The number of fused-ring (bicyclic) bond motifs is 1. The third-order valence-corrected chi connectivity index (χ3v) is 3.77. The Bertz CT molecular complexity index is 673. The average molecular weight is 264 g/mol. The molecule has 0 bridgehead atoms. The summed E-state index contributed by atoms with van der Waals surface area (Å²) < 4.78 is 0. The molecule has 3 nitrogen and oxygen atoms in total. The van der Waals surface area contributed by atoms with Crippen LogP contribution in [-0.2, 0) is 13.0 Å². The van der Waals surface area contributed by atoms with Crippen molar-refractivity contribution in [2.24, 2.45) is 0 Å². The van der Waals surface area contributed by atoms with Gasteiger partial charge in [0.15, 0.2) is 0 Å². The SMILES string of the molecule is N#Cc1cc(CO)ccc1N1CCCc2ccccc21. The summed E-state index contributed by atoms with van der Waals surface area (Å²) in [6, 6.07) is 16.2. The summed E-state index contributed by atoms with van der Waals surface area (Å²) in [6.45, 7) is 0.885. The second-order valence-electron chi connectivity index (χ2n) is 5.01. The lowest BCUT2D eigenvalue weighted by Gasteiger charge is -2.32. The minimum Gasteiger partial charge on any atom is -0.392 e. The zero-order valence-electron chi connectivity index (χ0n) is 11.2. The molecular formula is C17H16N2O. The topological polar surface area (TPSA) is 47.3 Å². The lowest BCUT2D eigenvalue weighted by molar-refractivity contribution is 0.282. The molecule has 3 heteroatoms. The first kappa shape index (κ1) is 12.7. The molecule has 1 N–H and O–H groups in total. The number of nitrogens with zero attached hydrogens (tertiary/aromatic N) is 2. The van der Waals surface area contributed by atoms with Crippen molar-refractivity contribution in [2.75, 3.05) is 11.4 Å². The predicted molar refractivity (Wildman–Crippen MR) is 78.8 cm³/mol. The first-order valence-corrected chi connectivity index (χ1v) is 6.83. The highest BCUT2D eigenvalue weighted by Crippen LogP contribution is 2.35. The van der Waals surface area contributed by atoms with Crippen LogP contribution in [0, 0.1) is 11.3 Å². The Labute approximate surface area is 118 Å². The maximum atomic E-state index is 9.36. The molecule has 0 fully saturated rings. The Balaban J connectivity index is 2.09. The van der Waals surface area contributed by atoms with Gasteiger partial charge in [-0.15, -0.1) is 0 Å². The molecule has 1 aliphatic rings. The van der Waals surface area contributed by atoms with Gasteiger partial charge in [0.2, 0.25) is 0 Å². The zero-order valence-corrected chi connectivity index (χ0v) is 11.2. The molecule has 100 valence electrons. The van der Waals surface area contributed by atoms with E-state index in [4.69, 9.17) is 0 Å². The van der Waals surface area contributed by atoms with Crippen molar-refractivity contribution in [3.8, 4) is 6.07 Å². The summed E-state index contributed by atoms with van der Waals surface area (Å²) in [4.78, 5) is 2.21. The van der Waals surface area contributed by atoms with E-state index in [2.05, 4.69) is 29.2 Å². The predicted octanol–water partition coefficient (Wildman–Crippen LogP) is 3.13. The van der Waals surface area contributed by atoms with Crippen molar-refractivity contribution >= 4 is 11.4 Å². The molecule has 0 unspecified atom stereocenters. The summed E-state index contributed by atoms with van der Waals surface area (Å²) in [5, 5.41) is 18.6. The summed E-state index contributed by atoms with van der Waals surface area (Å²) in [5.74, 6) is 0. The molecule has 1 aliphatic heterocycles. The van der Waals surface area contributed by atoms with Crippen LogP contribution in [0.15, 0.2) is 42.5 Å². The van der Waals surface area contributed by atoms with Crippen molar-refractivity contribution in [3.05, 3.63) is 59.2 Å². The smallest absolute Gasteiger partial charge is 0.101 e. The highest BCUT2D eigenvalue weighted by molar-refractivity contribution is 5.72. The number of hydrogen-bond donors (Lipinski definition) is 1. The van der Waals surface area contributed by atoms with Gasteiger partial charge in [0.1, 0.15) is 6.07 Å². The quantitative estimate of drug-likeness (QED) is 0.906. The molecule has 0 radical (unpaired) electrons. The van der Waals surface area contributed by atoms with E-state index >= 15 is 0 Å². The molecule has 20 heavy (non-hydrogen) atoms. The standard InChI is InChI=1S/C17H16N2O/c18-11-15-10-13(12-20)7-8-17(15)19-9-3-5-14-4-1-2-6-16(14)19/h1-2,4,6-8,10,20H,3,5,9,12H2. The minimum atomic E-state index is -0.0362. The number of para-hydroxylation sites is 1. The number of rotatable bonds is 2. The molecule has 0 aliphatic carbocycles. The summed E-state index contributed by atoms with van der Waals surface area (Å²) >= 11 is 0. The first-order chi connectivity index (χ1) is 9.83. The van der Waals surface area contributed by atoms with Gasteiger partial charge in [0.05, 0.1) is 17.9 Å². The van der Waals surface area contributed by atoms with Crippen LogP contribution in [0.5, 0.6) is 0 Å². The van der Waals surface area contributed by atoms with Gasteiger partial charge in [0.25, 0.3) is 0 Å². The van der Waals surface area contributed by atoms with Gasteiger partial charge in [0, 0.05) is 12.2 Å². The Morgan fingerprint density at radius 3 is 2.80 bits per heavy atom. The molecular weight excluding hydrogens is 248 g/mol. The molecule has 2 aromatic carbocycles. The maximum absolute atomic E-state index is 9.36. The van der Waals surface area contributed by atoms with E-state index < -0.39 is 0 Å². The van der Waals surface area contributed by atoms with Crippen LogP contribution in [0.2, 0.25) is 0 Å². The van der Waals surface area contributed by atoms with Crippen molar-refractivity contribution in [3.63, 3.8) is 0 Å². The fourth-order valence-corrected chi connectivity index (χ4v) is 2.79. The monoisotopic (exact) mass is 264 g/mol. The van der Waals surface area contributed by atoms with Crippen molar-refractivity contribution in [2.45, 2.75) is 19.4 Å². The lowest BCUT2D eigenvalue weighted by Crippen LogP contribution is -2.25. The Morgan fingerprint density at radius 1 is 1.15 bits per heavy atom. The molecule has 0 amide bonds. The third-order valence-electron chi connectivity index (χ3n) is 3.77. The molecule has 1 heterocycles. The first-order valence-electron chi connectivity index (χ1n) is 6.83. The van der Waals surface area contributed by atoms with E-state index in [-0.39, 0.29) is 6.61 Å².